The van der Waals surface area contributed by atoms with E-state index in [0.717, 1.165) is 4.09 Å². The van der Waals surface area contributed by atoms with Crippen molar-refractivity contribution in [2.24, 2.45) is 0 Å². The van der Waals surface area contributed by atoms with Crippen LogP contribution in [0.4, 0.5) is 0 Å². The molecule has 0 aliphatic carbocycles. The van der Waals surface area contributed by atoms with E-state index in [1.54, 1.807) is 13.8 Å². The topological polar surface area (TPSA) is 64.4 Å². The fourth-order valence-corrected chi connectivity index (χ4v) is 3.37. The zero-order valence-electron chi connectivity index (χ0n) is 9.68. The Labute approximate surface area is 105 Å². The molecule has 0 amide bonds. The lowest BCUT2D eigenvalue weighted by atomic mass is 10.4. The predicted octanol–water partition coefficient (Wildman–Crippen LogP) is 0.578. The summed E-state index contributed by atoms with van der Waals surface area (Å²) in [5.41, 5.74) is 0.955. The van der Waals surface area contributed by atoms with Gasteiger partial charge in [-0.25, -0.2) is 0 Å². The molecule has 0 atom stereocenters. The molecule has 1 aromatic heterocycles. The number of aryl methyl sites for hydroxylation is 1. The molecule has 1 aromatic rings. The van der Waals surface area contributed by atoms with Crippen LogP contribution in [0.3, 0.4) is 0 Å². The maximum Gasteiger partial charge on any atom is 0.323 e. The lowest BCUT2D eigenvalue weighted by molar-refractivity contribution is 0.0724. The monoisotopic (exact) mass is 279 g/mol. The van der Waals surface area contributed by atoms with E-state index in [4.69, 9.17) is 16.3 Å². The van der Waals surface area contributed by atoms with Crippen molar-refractivity contribution in [3.63, 3.8) is 0 Å². The van der Waals surface area contributed by atoms with Gasteiger partial charge in [-0.3, -0.25) is 0 Å². The number of morpholine rings is 1. The molecular weight excluding hydrogens is 266 g/mol. The lowest BCUT2D eigenvalue weighted by Gasteiger charge is -2.25. The number of aromatic nitrogens is 2. The minimum Gasteiger partial charge on any atom is -0.379 e. The molecule has 96 valence electrons. The zero-order chi connectivity index (χ0) is 12.6. The van der Waals surface area contributed by atoms with Crippen molar-refractivity contribution in [2.45, 2.75) is 13.8 Å². The van der Waals surface area contributed by atoms with Crippen molar-refractivity contribution < 1.29 is 13.2 Å². The van der Waals surface area contributed by atoms with Crippen LogP contribution < -0.4 is 0 Å². The van der Waals surface area contributed by atoms with Crippen LogP contribution in [0, 0.1) is 13.8 Å². The molecule has 0 aromatic carbocycles. The zero-order valence-corrected chi connectivity index (χ0v) is 11.3. The van der Waals surface area contributed by atoms with Crippen LogP contribution >= 0.6 is 11.6 Å². The average molecular weight is 280 g/mol. The van der Waals surface area contributed by atoms with Gasteiger partial charge in [-0.15, -0.1) is 4.09 Å². The lowest BCUT2D eigenvalue weighted by Crippen LogP contribution is -2.44. The first-order chi connectivity index (χ1) is 7.94. The molecule has 6 nitrogen and oxygen atoms in total. The molecule has 2 rings (SSSR count). The van der Waals surface area contributed by atoms with E-state index >= 15 is 0 Å². The van der Waals surface area contributed by atoms with E-state index in [1.165, 1.54) is 4.31 Å². The Balaban J connectivity index is 2.40. The van der Waals surface area contributed by atoms with Crippen molar-refractivity contribution in [2.75, 3.05) is 26.3 Å². The van der Waals surface area contributed by atoms with Gasteiger partial charge in [0, 0.05) is 13.1 Å². The molecule has 1 aliphatic heterocycles. The molecule has 0 N–H and O–H groups in total. The van der Waals surface area contributed by atoms with Gasteiger partial charge in [-0.2, -0.15) is 17.8 Å². The van der Waals surface area contributed by atoms with Crippen LogP contribution in [0.1, 0.15) is 11.4 Å². The smallest absolute Gasteiger partial charge is 0.323 e. The highest BCUT2D eigenvalue weighted by atomic mass is 35.5. The van der Waals surface area contributed by atoms with Crippen molar-refractivity contribution in [1.82, 2.24) is 13.5 Å². The summed E-state index contributed by atoms with van der Waals surface area (Å²) in [7, 11) is -3.62. The summed E-state index contributed by atoms with van der Waals surface area (Å²) >= 11 is 5.95. The average Bonchev–Trinajstić information content (AvgIpc) is 2.59. The summed E-state index contributed by atoms with van der Waals surface area (Å²) in [6, 6.07) is 0. The predicted molar refractivity (Wildman–Crippen MR) is 63.4 cm³/mol. The fraction of sp³-hybridized carbons (Fsp3) is 0.667. The van der Waals surface area contributed by atoms with Gasteiger partial charge >= 0.3 is 10.2 Å². The van der Waals surface area contributed by atoms with Crippen LogP contribution in [0.15, 0.2) is 0 Å². The van der Waals surface area contributed by atoms with Crippen LogP contribution in [0.25, 0.3) is 0 Å². The molecule has 17 heavy (non-hydrogen) atoms. The number of rotatable bonds is 2. The summed E-state index contributed by atoms with van der Waals surface area (Å²) in [4.78, 5) is 0. The second kappa shape index (κ2) is 4.56. The Hall–Kier alpha value is -0.630. The Kier molecular flexibility index (Phi) is 3.44. The number of ether oxygens (including phenoxy) is 1. The fourth-order valence-electron chi connectivity index (χ4n) is 1.71. The minimum atomic E-state index is -3.62. The van der Waals surface area contributed by atoms with E-state index in [1.807, 2.05) is 0 Å². The molecular formula is C9H14ClN3O3S. The third-order valence-corrected chi connectivity index (χ3v) is 5.04. The van der Waals surface area contributed by atoms with Crippen LogP contribution in [-0.4, -0.2) is 48.2 Å². The first-order valence-corrected chi connectivity index (χ1v) is 7.02. The summed E-state index contributed by atoms with van der Waals surface area (Å²) in [5.74, 6) is 0. The molecule has 0 radical (unpaired) electrons. The molecule has 0 unspecified atom stereocenters. The highest BCUT2D eigenvalue weighted by Gasteiger charge is 2.29. The van der Waals surface area contributed by atoms with Gasteiger partial charge in [0.1, 0.15) is 0 Å². The third kappa shape index (κ3) is 2.20. The quantitative estimate of drug-likeness (QED) is 0.794. The number of hydrogen-bond acceptors (Lipinski definition) is 4. The van der Waals surface area contributed by atoms with Crippen molar-refractivity contribution in [3.8, 4) is 0 Å². The largest absolute Gasteiger partial charge is 0.379 e. The van der Waals surface area contributed by atoms with E-state index in [9.17, 15) is 8.42 Å². The van der Waals surface area contributed by atoms with Gasteiger partial charge < -0.3 is 4.74 Å². The second-order valence-corrected chi connectivity index (χ2v) is 5.98. The van der Waals surface area contributed by atoms with Gasteiger partial charge in [0.2, 0.25) is 0 Å². The Morgan fingerprint density at radius 2 is 1.88 bits per heavy atom. The van der Waals surface area contributed by atoms with Crippen molar-refractivity contribution in [3.05, 3.63) is 16.4 Å². The molecule has 0 bridgehead atoms. The maximum absolute atomic E-state index is 12.3. The minimum absolute atomic E-state index is 0.346. The van der Waals surface area contributed by atoms with E-state index < -0.39 is 10.2 Å². The van der Waals surface area contributed by atoms with Crippen LogP contribution in [0.2, 0.25) is 5.02 Å². The summed E-state index contributed by atoms with van der Waals surface area (Å²) in [6.45, 7) is 4.83. The van der Waals surface area contributed by atoms with Gasteiger partial charge in [-0.05, 0) is 13.8 Å². The van der Waals surface area contributed by atoms with Crippen LogP contribution in [-0.2, 0) is 14.9 Å². The Bertz CT molecular complexity index is 520. The number of halogens is 1. The molecule has 1 fully saturated rings. The van der Waals surface area contributed by atoms with Crippen LogP contribution in [0.5, 0.6) is 0 Å². The van der Waals surface area contributed by atoms with Gasteiger partial charge in [0.05, 0.1) is 29.6 Å². The SMILES string of the molecule is Cc1nn(S(=O)(=O)N2CCOCC2)c(C)c1Cl. The molecule has 2 heterocycles. The standard InChI is InChI=1S/C9H14ClN3O3S/c1-7-9(10)8(2)13(11-7)17(14,15)12-3-5-16-6-4-12/h3-6H2,1-2H3. The van der Waals surface area contributed by atoms with Gasteiger partial charge in [0.15, 0.2) is 0 Å². The van der Waals surface area contributed by atoms with Gasteiger partial charge in [-0.1, -0.05) is 11.6 Å². The Morgan fingerprint density at radius 3 is 2.35 bits per heavy atom. The Morgan fingerprint density at radius 1 is 1.29 bits per heavy atom. The van der Waals surface area contributed by atoms with E-state index in [-0.39, 0.29) is 0 Å². The molecule has 0 spiro atoms. The van der Waals surface area contributed by atoms with Crippen molar-refractivity contribution in [1.29, 1.82) is 0 Å². The normalized spacial score (nSPS) is 18.5. The second-order valence-electron chi connectivity index (χ2n) is 3.85. The third-order valence-electron chi connectivity index (χ3n) is 2.68. The molecule has 1 saturated heterocycles. The summed E-state index contributed by atoms with van der Waals surface area (Å²) in [6.07, 6.45) is 0. The molecule has 1 aliphatic rings. The molecule has 8 heteroatoms. The first kappa shape index (κ1) is 12.8. The first-order valence-electron chi connectivity index (χ1n) is 5.24. The van der Waals surface area contributed by atoms with E-state index in [0.29, 0.717) is 42.7 Å². The molecule has 0 saturated carbocycles. The maximum atomic E-state index is 12.3. The number of nitrogens with zero attached hydrogens (tertiary/aromatic N) is 3. The van der Waals surface area contributed by atoms with Gasteiger partial charge in [0.25, 0.3) is 0 Å². The van der Waals surface area contributed by atoms with Crippen molar-refractivity contribution >= 4 is 21.8 Å². The summed E-state index contributed by atoms with van der Waals surface area (Å²) in [5, 5.41) is 4.36. The highest BCUT2D eigenvalue weighted by molar-refractivity contribution is 7.87. The van der Waals surface area contributed by atoms with E-state index in [2.05, 4.69) is 5.10 Å². The number of hydrogen-bond donors (Lipinski definition) is 0. The highest BCUT2D eigenvalue weighted by Crippen LogP contribution is 2.21. The summed E-state index contributed by atoms with van der Waals surface area (Å²) < 4.78 is 32.0.